The predicted molar refractivity (Wildman–Crippen MR) is 138 cm³/mol. The third-order valence-electron chi connectivity index (χ3n) is 5.14. The lowest BCUT2D eigenvalue weighted by Gasteiger charge is -2.16. The van der Waals surface area contributed by atoms with Crippen molar-refractivity contribution in [2.24, 2.45) is 0 Å². The van der Waals surface area contributed by atoms with Crippen molar-refractivity contribution in [2.75, 3.05) is 27.2 Å². The van der Waals surface area contributed by atoms with Gasteiger partial charge >= 0.3 is 0 Å². The van der Waals surface area contributed by atoms with E-state index in [-0.39, 0.29) is 9.10 Å². The van der Waals surface area contributed by atoms with Crippen LogP contribution in [-0.4, -0.2) is 40.6 Å². The number of aryl methyl sites for hydroxylation is 2. The van der Waals surface area contributed by atoms with E-state index in [0.29, 0.717) is 16.6 Å². The summed E-state index contributed by atoms with van der Waals surface area (Å²) >= 11 is 6.66. The second-order valence-electron chi connectivity index (χ2n) is 7.50. The van der Waals surface area contributed by atoms with Gasteiger partial charge in [0.15, 0.2) is 5.06 Å². The molecule has 0 unspecified atom stereocenters. The Morgan fingerprint density at radius 2 is 2.03 bits per heavy atom. The Balaban J connectivity index is 2.36. The average Bonchev–Trinajstić information content (AvgIpc) is 3.27. The van der Waals surface area contributed by atoms with Gasteiger partial charge in [0.2, 0.25) is 9.84 Å². The number of thiophene rings is 1. The van der Waals surface area contributed by atoms with Crippen molar-refractivity contribution in [1.82, 2.24) is 4.90 Å². The Hall–Kier alpha value is -2.06. The molecule has 0 N–H and O–H groups in total. The summed E-state index contributed by atoms with van der Waals surface area (Å²) in [7, 11) is -0.210. The van der Waals surface area contributed by atoms with Crippen LogP contribution in [-0.2, 0) is 16.3 Å². The fourth-order valence-corrected chi connectivity index (χ4v) is 5.99. The molecule has 0 radical (unpaired) electrons. The molecule has 0 bridgehead atoms. The Kier molecular flexibility index (Phi) is 10.7. The van der Waals surface area contributed by atoms with Crippen molar-refractivity contribution in [3.8, 4) is 10.8 Å². The number of hydrogen-bond acceptors (Lipinski definition) is 6. The number of hydrogen-bond donors (Lipinski definition) is 0. The summed E-state index contributed by atoms with van der Waals surface area (Å²) in [5.74, 6) is 0.895. The number of nitrogens with zero attached hydrogens (tertiary/aromatic N) is 1. The summed E-state index contributed by atoms with van der Waals surface area (Å²) in [5, 5.41) is 0.467. The fourth-order valence-electron chi connectivity index (χ4n) is 3.19. The third kappa shape index (κ3) is 7.47. The number of methoxy groups -OCH3 is 1. The largest absolute Gasteiger partial charge is 0.495 e. The molecular formula is C25H32ClNO4S2. The van der Waals surface area contributed by atoms with Crippen molar-refractivity contribution >= 4 is 32.8 Å². The van der Waals surface area contributed by atoms with Gasteiger partial charge in [-0.25, -0.2) is 8.42 Å². The first-order chi connectivity index (χ1) is 15.8. The minimum Gasteiger partial charge on any atom is -0.495 e. The van der Waals surface area contributed by atoms with Crippen LogP contribution in [0.25, 0.3) is 0 Å². The molecule has 0 fully saturated rings. The molecule has 1 aromatic heterocycles. The number of benzene rings is 1. The van der Waals surface area contributed by atoms with E-state index in [9.17, 15) is 8.42 Å². The van der Waals surface area contributed by atoms with E-state index < -0.39 is 9.84 Å². The lowest BCUT2D eigenvalue weighted by Crippen LogP contribution is -2.19. The molecule has 5 nitrogen and oxygen atoms in total. The fraction of sp³-hybridized carbons (Fsp3) is 0.360. The van der Waals surface area contributed by atoms with Crippen molar-refractivity contribution in [3.05, 3.63) is 71.0 Å². The van der Waals surface area contributed by atoms with E-state index in [4.69, 9.17) is 21.1 Å². The number of halogens is 1. The summed E-state index contributed by atoms with van der Waals surface area (Å²) in [5.41, 5.74) is 3.41. The molecule has 0 aliphatic heterocycles. The lowest BCUT2D eigenvalue weighted by atomic mass is 10.0. The zero-order chi connectivity index (χ0) is 24.4. The first-order valence-electron chi connectivity index (χ1n) is 10.7. The minimum atomic E-state index is -3.78. The van der Waals surface area contributed by atoms with Crippen molar-refractivity contribution in [3.63, 3.8) is 0 Å². The Labute approximate surface area is 206 Å². The number of rotatable bonds is 12. The first-order valence-corrected chi connectivity index (χ1v) is 13.5. The number of sulfone groups is 1. The molecule has 0 aliphatic carbocycles. The van der Waals surface area contributed by atoms with Crippen LogP contribution in [0.5, 0.6) is 10.8 Å². The van der Waals surface area contributed by atoms with Crippen molar-refractivity contribution in [1.29, 1.82) is 0 Å². The highest BCUT2D eigenvalue weighted by atomic mass is 35.5. The summed E-state index contributed by atoms with van der Waals surface area (Å²) in [4.78, 5) is 2.42. The molecule has 33 heavy (non-hydrogen) atoms. The molecule has 2 rings (SSSR count). The molecule has 2 aromatic rings. The number of allylic oxidation sites excluding steroid dienone is 4. The van der Waals surface area contributed by atoms with Gasteiger partial charge in [-0.3, -0.25) is 0 Å². The predicted octanol–water partition coefficient (Wildman–Crippen LogP) is 6.37. The van der Waals surface area contributed by atoms with Crippen LogP contribution in [0.3, 0.4) is 0 Å². The van der Waals surface area contributed by atoms with Gasteiger partial charge in [-0.05, 0) is 100 Å². The van der Waals surface area contributed by atoms with Crippen molar-refractivity contribution in [2.45, 2.75) is 42.7 Å². The summed E-state index contributed by atoms with van der Waals surface area (Å²) in [6.45, 7) is 7.91. The summed E-state index contributed by atoms with van der Waals surface area (Å²) in [6, 6.07) is 6.78. The maximum absolute atomic E-state index is 13.5. The van der Waals surface area contributed by atoms with Gasteiger partial charge in [0.05, 0.1) is 7.11 Å². The molecule has 180 valence electrons. The van der Waals surface area contributed by atoms with Crippen LogP contribution in [0, 0.1) is 6.92 Å². The standard InChI is InChI=1S/C25H32ClNO4S2/c1-6-10-21(12-8-15-26)31-24-13-14-25(32-24)33(28,29)23-18-20(11-9-16-27(4)7-2)19(3)17-22(23)30-5/h6,8,10,12-15,17-18H,7,9,11,16H2,1-5H3/b10-6-,15-8+,21-12+. The van der Waals surface area contributed by atoms with E-state index in [1.54, 1.807) is 36.4 Å². The smallest absolute Gasteiger partial charge is 0.219 e. The number of ether oxygens (including phenoxy) is 2. The maximum atomic E-state index is 13.5. The normalized spacial score (nSPS) is 12.9. The van der Waals surface area contributed by atoms with E-state index in [1.807, 2.05) is 26.0 Å². The first kappa shape index (κ1) is 27.2. The quantitative estimate of drug-likeness (QED) is 0.245. The molecular weight excluding hydrogens is 478 g/mol. The second kappa shape index (κ2) is 13.0. The van der Waals surface area contributed by atoms with Gasteiger partial charge in [-0.15, -0.1) is 0 Å². The summed E-state index contributed by atoms with van der Waals surface area (Å²) in [6.07, 6.45) is 8.69. The van der Waals surface area contributed by atoms with E-state index >= 15 is 0 Å². The molecule has 0 aliphatic rings. The monoisotopic (exact) mass is 509 g/mol. The minimum absolute atomic E-state index is 0.178. The topological polar surface area (TPSA) is 55.8 Å². The highest BCUT2D eigenvalue weighted by Crippen LogP contribution is 2.38. The van der Waals surface area contributed by atoms with Crippen LogP contribution in [0.1, 0.15) is 31.4 Å². The summed E-state index contributed by atoms with van der Waals surface area (Å²) < 4.78 is 38.5. The van der Waals surface area contributed by atoms with Gasteiger partial charge in [0, 0.05) is 5.54 Å². The zero-order valence-electron chi connectivity index (χ0n) is 19.8. The maximum Gasteiger partial charge on any atom is 0.219 e. The van der Waals surface area contributed by atoms with Gasteiger partial charge in [0.1, 0.15) is 20.6 Å². The van der Waals surface area contributed by atoms with Crippen LogP contribution < -0.4 is 9.47 Å². The molecule has 0 saturated heterocycles. The molecule has 8 heteroatoms. The second-order valence-corrected chi connectivity index (χ2v) is 10.9. The third-order valence-corrected chi connectivity index (χ3v) is 8.52. The van der Waals surface area contributed by atoms with Crippen LogP contribution in [0.4, 0.5) is 0 Å². The van der Waals surface area contributed by atoms with E-state index in [1.165, 1.54) is 12.6 Å². The molecule has 1 heterocycles. The SMILES string of the molecule is C\C=C/C(=C\C=C\Cl)Oc1ccc(S(=O)(=O)c2cc(CCCN(C)CC)c(C)cc2OC)s1. The van der Waals surface area contributed by atoms with Crippen LogP contribution in [0.15, 0.2) is 69.0 Å². The highest BCUT2D eigenvalue weighted by Gasteiger charge is 2.26. The zero-order valence-corrected chi connectivity index (χ0v) is 22.2. The van der Waals surface area contributed by atoms with Gasteiger partial charge in [-0.2, -0.15) is 0 Å². The Morgan fingerprint density at radius 3 is 2.67 bits per heavy atom. The van der Waals surface area contributed by atoms with Crippen molar-refractivity contribution < 1.29 is 17.9 Å². The van der Waals surface area contributed by atoms with Crippen LogP contribution in [0.2, 0.25) is 0 Å². The molecule has 0 saturated carbocycles. The molecule has 0 amide bonds. The molecule has 0 spiro atoms. The van der Waals surface area contributed by atoms with E-state index in [2.05, 4.69) is 18.9 Å². The Bertz CT molecular complexity index is 1120. The van der Waals surface area contributed by atoms with Crippen LogP contribution >= 0.6 is 22.9 Å². The van der Waals surface area contributed by atoms with E-state index in [0.717, 1.165) is 48.4 Å². The lowest BCUT2D eigenvalue weighted by molar-refractivity contribution is 0.347. The van der Waals surface area contributed by atoms with Gasteiger partial charge in [-0.1, -0.05) is 35.9 Å². The average molecular weight is 510 g/mol. The molecule has 0 atom stereocenters. The van der Waals surface area contributed by atoms with Gasteiger partial charge < -0.3 is 14.4 Å². The Morgan fingerprint density at radius 1 is 1.27 bits per heavy atom. The highest BCUT2D eigenvalue weighted by molar-refractivity contribution is 7.93. The molecule has 1 aromatic carbocycles. The van der Waals surface area contributed by atoms with Gasteiger partial charge in [0.25, 0.3) is 0 Å².